The van der Waals surface area contributed by atoms with Crippen LogP contribution in [0.15, 0.2) is 18.5 Å². The first-order valence-corrected chi connectivity index (χ1v) is 5.72. The average Bonchev–Trinajstić information content (AvgIpc) is 2.78. The van der Waals surface area contributed by atoms with Gasteiger partial charge in [0.05, 0.1) is 5.92 Å². The lowest BCUT2D eigenvalue weighted by atomic mass is 10.1. The fourth-order valence-corrected chi connectivity index (χ4v) is 2.02. The van der Waals surface area contributed by atoms with Gasteiger partial charge >= 0.3 is 12.0 Å². The summed E-state index contributed by atoms with van der Waals surface area (Å²) >= 11 is 0. The molecule has 1 aromatic rings. The zero-order valence-corrected chi connectivity index (χ0v) is 9.67. The second-order valence-electron chi connectivity index (χ2n) is 4.22. The highest BCUT2D eigenvalue weighted by atomic mass is 16.4. The molecule has 2 atom stereocenters. The monoisotopic (exact) mass is 250 g/mol. The van der Waals surface area contributed by atoms with Crippen LogP contribution in [0.1, 0.15) is 19.3 Å². The minimum Gasteiger partial charge on any atom is -0.481 e. The molecule has 7 nitrogen and oxygen atoms in total. The number of hydrogen-bond acceptors (Lipinski definition) is 4. The van der Waals surface area contributed by atoms with Crippen LogP contribution in [0, 0.1) is 5.92 Å². The van der Waals surface area contributed by atoms with Crippen molar-refractivity contribution < 1.29 is 14.7 Å². The van der Waals surface area contributed by atoms with Crippen LogP contribution in [0.5, 0.6) is 0 Å². The second kappa shape index (κ2) is 5.44. The predicted molar refractivity (Wildman–Crippen MR) is 63.0 cm³/mol. The van der Waals surface area contributed by atoms with Crippen molar-refractivity contribution in [2.45, 2.75) is 25.3 Å². The molecule has 2 rings (SSSR count). The van der Waals surface area contributed by atoms with Gasteiger partial charge in [-0.25, -0.2) is 14.8 Å². The normalized spacial score (nSPS) is 22.4. The van der Waals surface area contributed by atoms with Crippen LogP contribution in [-0.2, 0) is 4.79 Å². The molecule has 18 heavy (non-hydrogen) atoms. The number of rotatable bonds is 3. The molecule has 0 radical (unpaired) electrons. The molecule has 1 aromatic heterocycles. The third kappa shape index (κ3) is 3.16. The largest absolute Gasteiger partial charge is 0.481 e. The van der Waals surface area contributed by atoms with E-state index in [2.05, 4.69) is 20.6 Å². The summed E-state index contributed by atoms with van der Waals surface area (Å²) in [5, 5.41) is 14.1. The Morgan fingerprint density at radius 3 is 2.61 bits per heavy atom. The molecular formula is C11H14N4O3. The van der Waals surface area contributed by atoms with Crippen molar-refractivity contribution in [2.24, 2.45) is 5.92 Å². The van der Waals surface area contributed by atoms with E-state index in [1.165, 1.54) is 12.4 Å². The Balaban J connectivity index is 1.80. The first-order chi connectivity index (χ1) is 8.65. The summed E-state index contributed by atoms with van der Waals surface area (Å²) in [6.45, 7) is 0. The molecule has 0 aromatic carbocycles. The third-order valence-corrected chi connectivity index (χ3v) is 2.91. The van der Waals surface area contributed by atoms with Crippen molar-refractivity contribution in [2.75, 3.05) is 5.32 Å². The fourth-order valence-electron chi connectivity index (χ4n) is 2.02. The number of carboxylic acid groups (broad SMARTS) is 1. The Kier molecular flexibility index (Phi) is 3.71. The molecule has 1 aliphatic rings. The number of carbonyl (C=O) groups is 2. The highest BCUT2D eigenvalue weighted by Gasteiger charge is 2.30. The summed E-state index contributed by atoms with van der Waals surface area (Å²) in [6, 6.07) is 1.14. The van der Waals surface area contributed by atoms with Gasteiger partial charge in [-0.3, -0.25) is 10.1 Å². The summed E-state index contributed by atoms with van der Waals surface area (Å²) in [7, 11) is 0. The minimum atomic E-state index is -0.800. The van der Waals surface area contributed by atoms with E-state index in [9.17, 15) is 9.59 Å². The fraction of sp³-hybridized carbons (Fsp3) is 0.455. The summed E-state index contributed by atoms with van der Waals surface area (Å²) < 4.78 is 0. The number of carboxylic acids is 1. The number of nitrogens with zero attached hydrogens (tertiary/aromatic N) is 2. The summed E-state index contributed by atoms with van der Waals surface area (Å²) in [5.41, 5.74) is 0. The molecule has 1 aliphatic carbocycles. The number of urea groups is 1. The molecule has 1 heterocycles. The number of amides is 2. The molecule has 0 aliphatic heterocycles. The van der Waals surface area contributed by atoms with Crippen LogP contribution in [0.3, 0.4) is 0 Å². The summed E-state index contributed by atoms with van der Waals surface area (Å²) in [6.07, 6.45) is 4.80. The van der Waals surface area contributed by atoms with E-state index >= 15 is 0 Å². The number of carbonyl (C=O) groups excluding carboxylic acids is 1. The molecule has 0 bridgehead atoms. The molecule has 96 valence electrons. The van der Waals surface area contributed by atoms with Crippen molar-refractivity contribution in [1.29, 1.82) is 0 Å². The maximum Gasteiger partial charge on any atom is 0.321 e. The van der Waals surface area contributed by atoms with Gasteiger partial charge in [-0.2, -0.15) is 0 Å². The Bertz CT molecular complexity index is 437. The zero-order chi connectivity index (χ0) is 13.0. The topological polar surface area (TPSA) is 104 Å². The van der Waals surface area contributed by atoms with Gasteiger partial charge in [0, 0.05) is 18.4 Å². The Labute approximate surface area is 104 Å². The zero-order valence-electron chi connectivity index (χ0n) is 9.67. The maximum atomic E-state index is 11.6. The second-order valence-corrected chi connectivity index (χ2v) is 4.22. The molecule has 3 N–H and O–H groups in total. The number of aromatic nitrogens is 2. The Morgan fingerprint density at radius 1 is 1.28 bits per heavy atom. The Morgan fingerprint density at radius 2 is 2.00 bits per heavy atom. The summed E-state index contributed by atoms with van der Waals surface area (Å²) in [4.78, 5) is 30.1. The van der Waals surface area contributed by atoms with E-state index in [1.54, 1.807) is 6.07 Å². The van der Waals surface area contributed by atoms with Crippen LogP contribution in [0.2, 0.25) is 0 Å². The Hall–Kier alpha value is -2.18. The molecule has 1 saturated carbocycles. The van der Waals surface area contributed by atoms with E-state index in [0.717, 1.165) is 0 Å². The number of hydrogen-bond donors (Lipinski definition) is 3. The lowest BCUT2D eigenvalue weighted by Gasteiger charge is -2.12. The van der Waals surface area contributed by atoms with Gasteiger partial charge in [0.2, 0.25) is 5.95 Å². The van der Waals surface area contributed by atoms with Crippen molar-refractivity contribution in [3.05, 3.63) is 18.5 Å². The van der Waals surface area contributed by atoms with Gasteiger partial charge in [-0.1, -0.05) is 0 Å². The minimum absolute atomic E-state index is 0.102. The SMILES string of the molecule is O=C(Nc1ncccn1)NC1CCC(C(=O)O)C1. The number of nitrogens with one attached hydrogen (secondary N) is 2. The van der Waals surface area contributed by atoms with Gasteiger partial charge in [-0.05, 0) is 25.3 Å². The quantitative estimate of drug-likeness (QED) is 0.737. The average molecular weight is 250 g/mol. The lowest BCUT2D eigenvalue weighted by Crippen LogP contribution is -2.37. The van der Waals surface area contributed by atoms with Crippen molar-refractivity contribution >= 4 is 17.9 Å². The first-order valence-electron chi connectivity index (χ1n) is 5.72. The number of anilines is 1. The van der Waals surface area contributed by atoms with E-state index < -0.39 is 12.0 Å². The van der Waals surface area contributed by atoms with Gasteiger partial charge in [0.15, 0.2) is 0 Å². The van der Waals surface area contributed by atoms with Crippen molar-refractivity contribution in [3.63, 3.8) is 0 Å². The predicted octanol–water partition coefficient (Wildman–Crippen LogP) is 0.851. The first kappa shape index (κ1) is 12.3. The molecule has 2 amide bonds. The van der Waals surface area contributed by atoms with Gasteiger partial charge < -0.3 is 10.4 Å². The van der Waals surface area contributed by atoms with Crippen molar-refractivity contribution in [3.8, 4) is 0 Å². The van der Waals surface area contributed by atoms with Crippen LogP contribution in [0.4, 0.5) is 10.7 Å². The van der Waals surface area contributed by atoms with Gasteiger partial charge in [0.1, 0.15) is 0 Å². The molecule has 1 fully saturated rings. The molecule has 7 heteroatoms. The lowest BCUT2D eigenvalue weighted by molar-refractivity contribution is -0.141. The highest BCUT2D eigenvalue weighted by Crippen LogP contribution is 2.25. The van der Waals surface area contributed by atoms with E-state index in [0.29, 0.717) is 19.3 Å². The molecule has 0 saturated heterocycles. The van der Waals surface area contributed by atoms with Crippen LogP contribution in [-0.4, -0.2) is 33.1 Å². The van der Waals surface area contributed by atoms with Crippen LogP contribution in [0.25, 0.3) is 0 Å². The van der Waals surface area contributed by atoms with Gasteiger partial charge in [0.25, 0.3) is 0 Å². The van der Waals surface area contributed by atoms with Crippen molar-refractivity contribution in [1.82, 2.24) is 15.3 Å². The van der Waals surface area contributed by atoms with Gasteiger partial charge in [-0.15, -0.1) is 0 Å². The smallest absolute Gasteiger partial charge is 0.321 e. The third-order valence-electron chi connectivity index (χ3n) is 2.91. The van der Waals surface area contributed by atoms with Crippen LogP contribution >= 0.6 is 0 Å². The van der Waals surface area contributed by atoms with Crippen LogP contribution < -0.4 is 10.6 Å². The molecular weight excluding hydrogens is 236 g/mol. The summed E-state index contributed by atoms with van der Waals surface area (Å²) in [5.74, 6) is -0.933. The van der Waals surface area contributed by atoms with E-state index in [-0.39, 0.29) is 17.9 Å². The molecule has 2 unspecified atom stereocenters. The maximum absolute atomic E-state index is 11.6. The standard InChI is InChI=1S/C11H14N4O3/c16-9(17)7-2-3-8(6-7)14-11(18)15-10-12-4-1-5-13-10/h1,4-5,7-8H,2-3,6H2,(H,16,17)(H2,12,13,14,15,18). The number of aliphatic carboxylic acids is 1. The molecule has 0 spiro atoms. The van der Waals surface area contributed by atoms with E-state index in [4.69, 9.17) is 5.11 Å². The van der Waals surface area contributed by atoms with E-state index in [1.807, 2.05) is 0 Å². The highest BCUT2D eigenvalue weighted by molar-refractivity contribution is 5.87.